The fourth-order valence-electron chi connectivity index (χ4n) is 1.69. The molecule has 2 N–H and O–H groups in total. The molecule has 1 aromatic carbocycles. The molecule has 0 saturated carbocycles. The third kappa shape index (κ3) is 3.05. The highest BCUT2D eigenvalue weighted by Gasteiger charge is 2.33. The Kier molecular flexibility index (Phi) is 3.78. The Morgan fingerprint density at radius 3 is 2.32 bits per heavy atom. The Hall–Kier alpha value is -1.59. The van der Waals surface area contributed by atoms with Crippen LogP contribution in [0.3, 0.4) is 0 Å². The number of halogens is 4. The highest BCUT2D eigenvalue weighted by atomic mass is 35.5. The zero-order valence-electron chi connectivity index (χ0n) is 9.71. The Morgan fingerprint density at radius 2 is 1.79 bits per heavy atom. The average Bonchev–Trinajstić information content (AvgIpc) is 2.38. The van der Waals surface area contributed by atoms with Gasteiger partial charge in [-0.25, -0.2) is 0 Å². The fraction of sp³-hybridized carbons (Fsp3) is 0.154. The van der Waals surface area contributed by atoms with Gasteiger partial charge in [0.25, 0.3) is 0 Å². The molecule has 100 valence electrons. The predicted octanol–water partition coefficient (Wildman–Crippen LogP) is 3.88. The van der Waals surface area contributed by atoms with Crippen LogP contribution in [-0.2, 0) is 12.7 Å². The number of pyridine rings is 1. The van der Waals surface area contributed by atoms with Gasteiger partial charge in [0.15, 0.2) is 0 Å². The number of benzene rings is 1. The first-order chi connectivity index (χ1) is 8.91. The predicted molar refractivity (Wildman–Crippen MR) is 67.6 cm³/mol. The van der Waals surface area contributed by atoms with Crippen LogP contribution in [0.4, 0.5) is 13.2 Å². The van der Waals surface area contributed by atoms with Gasteiger partial charge in [0.2, 0.25) is 0 Å². The van der Waals surface area contributed by atoms with Crippen LogP contribution in [0, 0.1) is 0 Å². The molecule has 0 fully saturated rings. The van der Waals surface area contributed by atoms with E-state index >= 15 is 0 Å². The molecule has 1 aromatic heterocycles. The van der Waals surface area contributed by atoms with Gasteiger partial charge in [-0.2, -0.15) is 13.2 Å². The molecule has 0 atom stereocenters. The number of hydrogen-bond acceptors (Lipinski definition) is 2. The molecule has 2 rings (SSSR count). The van der Waals surface area contributed by atoms with Crippen molar-refractivity contribution in [1.82, 2.24) is 4.98 Å². The maximum Gasteiger partial charge on any atom is 0.416 e. The molecule has 0 aliphatic rings. The molecule has 19 heavy (non-hydrogen) atoms. The zero-order chi connectivity index (χ0) is 14.0. The van der Waals surface area contributed by atoms with Gasteiger partial charge in [-0.05, 0) is 23.8 Å². The standard InChI is InChI=1S/C13H10ClF3N2/c14-10-3-1-8(2-4-10)12-5-11(13(15,16)17)9(6-18)7-19-12/h1-5,7H,6,18H2. The summed E-state index contributed by atoms with van der Waals surface area (Å²) in [6.07, 6.45) is -3.29. The van der Waals surface area contributed by atoms with E-state index in [2.05, 4.69) is 4.98 Å². The average molecular weight is 287 g/mol. The molecule has 0 spiro atoms. The lowest BCUT2D eigenvalue weighted by atomic mass is 10.0. The second-order valence-corrected chi connectivity index (χ2v) is 4.37. The SMILES string of the molecule is NCc1cnc(-c2ccc(Cl)cc2)cc1C(F)(F)F. The van der Waals surface area contributed by atoms with Crippen molar-refractivity contribution in [2.75, 3.05) is 0 Å². The van der Waals surface area contributed by atoms with Gasteiger partial charge in [0.05, 0.1) is 11.3 Å². The van der Waals surface area contributed by atoms with E-state index in [1.54, 1.807) is 24.3 Å². The summed E-state index contributed by atoms with van der Waals surface area (Å²) < 4.78 is 38.7. The first-order valence-corrected chi connectivity index (χ1v) is 5.81. The van der Waals surface area contributed by atoms with Gasteiger partial charge < -0.3 is 5.73 Å². The third-order valence-electron chi connectivity index (χ3n) is 2.65. The molecule has 2 nitrogen and oxygen atoms in total. The monoisotopic (exact) mass is 286 g/mol. The minimum absolute atomic E-state index is 0.0230. The lowest BCUT2D eigenvalue weighted by Gasteiger charge is -2.13. The normalized spacial score (nSPS) is 11.6. The van der Waals surface area contributed by atoms with Crippen LogP contribution < -0.4 is 5.73 Å². The van der Waals surface area contributed by atoms with Gasteiger partial charge >= 0.3 is 6.18 Å². The summed E-state index contributed by atoms with van der Waals surface area (Å²) in [6.45, 7) is -0.206. The third-order valence-corrected chi connectivity index (χ3v) is 2.90. The van der Waals surface area contributed by atoms with Crippen LogP contribution in [0.25, 0.3) is 11.3 Å². The maximum absolute atomic E-state index is 12.9. The van der Waals surface area contributed by atoms with Crippen molar-refractivity contribution >= 4 is 11.6 Å². The fourth-order valence-corrected chi connectivity index (χ4v) is 1.81. The molecular weight excluding hydrogens is 277 g/mol. The summed E-state index contributed by atoms with van der Waals surface area (Å²) in [5, 5.41) is 0.512. The number of hydrogen-bond donors (Lipinski definition) is 1. The van der Waals surface area contributed by atoms with Crippen LogP contribution in [0.15, 0.2) is 36.5 Å². The molecule has 0 bridgehead atoms. The minimum atomic E-state index is -4.45. The van der Waals surface area contributed by atoms with Crippen LogP contribution in [-0.4, -0.2) is 4.98 Å². The van der Waals surface area contributed by atoms with Crippen molar-refractivity contribution in [3.8, 4) is 11.3 Å². The van der Waals surface area contributed by atoms with Gasteiger partial charge in [-0.15, -0.1) is 0 Å². The van der Waals surface area contributed by atoms with Gasteiger partial charge in [-0.3, -0.25) is 4.98 Å². The lowest BCUT2D eigenvalue weighted by molar-refractivity contribution is -0.138. The van der Waals surface area contributed by atoms with E-state index in [9.17, 15) is 13.2 Å². The van der Waals surface area contributed by atoms with Crippen LogP contribution >= 0.6 is 11.6 Å². The topological polar surface area (TPSA) is 38.9 Å². The molecule has 0 radical (unpaired) electrons. The molecule has 1 heterocycles. The van der Waals surface area contributed by atoms with E-state index in [4.69, 9.17) is 17.3 Å². The van der Waals surface area contributed by atoms with E-state index in [0.29, 0.717) is 10.6 Å². The molecule has 0 saturated heterocycles. The summed E-state index contributed by atoms with van der Waals surface area (Å²) in [4.78, 5) is 4.00. The van der Waals surface area contributed by atoms with E-state index in [1.165, 1.54) is 0 Å². The number of aromatic nitrogens is 1. The first kappa shape index (κ1) is 13.8. The number of nitrogens with zero attached hydrogens (tertiary/aromatic N) is 1. The highest BCUT2D eigenvalue weighted by molar-refractivity contribution is 6.30. The Bertz CT molecular complexity index is 579. The Labute approximate surface area is 113 Å². The van der Waals surface area contributed by atoms with Crippen LogP contribution in [0.2, 0.25) is 5.02 Å². The molecule has 0 aliphatic heterocycles. The summed E-state index contributed by atoms with van der Waals surface area (Å²) in [6, 6.07) is 7.44. The van der Waals surface area contributed by atoms with Crippen molar-refractivity contribution in [1.29, 1.82) is 0 Å². The maximum atomic E-state index is 12.9. The van der Waals surface area contributed by atoms with Gasteiger partial charge in [-0.1, -0.05) is 23.7 Å². The molecule has 6 heteroatoms. The quantitative estimate of drug-likeness (QED) is 0.910. The van der Waals surface area contributed by atoms with Crippen molar-refractivity contribution in [3.05, 3.63) is 52.7 Å². The van der Waals surface area contributed by atoms with Crippen molar-refractivity contribution in [2.45, 2.75) is 12.7 Å². The summed E-state index contributed by atoms with van der Waals surface area (Å²) >= 11 is 5.73. The summed E-state index contributed by atoms with van der Waals surface area (Å²) in [7, 11) is 0. The second-order valence-electron chi connectivity index (χ2n) is 3.94. The summed E-state index contributed by atoms with van der Waals surface area (Å²) in [5.41, 5.74) is 5.33. The molecule has 0 aliphatic carbocycles. The first-order valence-electron chi connectivity index (χ1n) is 5.44. The molecular formula is C13H10ClF3N2. The van der Waals surface area contributed by atoms with Crippen molar-refractivity contribution in [3.63, 3.8) is 0 Å². The van der Waals surface area contributed by atoms with E-state index in [0.717, 1.165) is 12.3 Å². The Morgan fingerprint density at radius 1 is 1.16 bits per heavy atom. The number of rotatable bonds is 2. The second kappa shape index (κ2) is 5.19. The van der Waals surface area contributed by atoms with Crippen molar-refractivity contribution < 1.29 is 13.2 Å². The van der Waals surface area contributed by atoms with E-state index < -0.39 is 11.7 Å². The summed E-state index contributed by atoms with van der Waals surface area (Å²) in [5.74, 6) is 0. The number of nitrogens with two attached hydrogens (primary N) is 1. The molecule has 0 unspecified atom stereocenters. The van der Waals surface area contributed by atoms with Crippen LogP contribution in [0.5, 0.6) is 0 Å². The lowest BCUT2D eigenvalue weighted by Crippen LogP contribution is -2.12. The zero-order valence-corrected chi connectivity index (χ0v) is 10.5. The van der Waals surface area contributed by atoms with Gasteiger partial charge in [0.1, 0.15) is 0 Å². The smallest absolute Gasteiger partial charge is 0.326 e. The largest absolute Gasteiger partial charge is 0.416 e. The molecule has 0 amide bonds. The van der Waals surface area contributed by atoms with E-state index in [1.807, 2.05) is 0 Å². The molecule has 2 aromatic rings. The van der Waals surface area contributed by atoms with E-state index in [-0.39, 0.29) is 17.8 Å². The Balaban J connectivity index is 2.52. The van der Waals surface area contributed by atoms with Gasteiger partial charge in [0, 0.05) is 23.3 Å². The minimum Gasteiger partial charge on any atom is -0.326 e. The highest BCUT2D eigenvalue weighted by Crippen LogP contribution is 2.34. The van der Waals surface area contributed by atoms with Crippen molar-refractivity contribution in [2.24, 2.45) is 5.73 Å². The number of alkyl halides is 3. The van der Waals surface area contributed by atoms with Crippen LogP contribution in [0.1, 0.15) is 11.1 Å².